The van der Waals surface area contributed by atoms with Gasteiger partial charge in [-0.25, -0.2) is 14.4 Å². The lowest BCUT2D eigenvalue weighted by atomic mass is 10.0. The van der Waals surface area contributed by atoms with E-state index in [-0.39, 0.29) is 16.7 Å². The topological polar surface area (TPSA) is 112 Å². The van der Waals surface area contributed by atoms with Crippen molar-refractivity contribution in [3.05, 3.63) is 70.3 Å². The van der Waals surface area contributed by atoms with Gasteiger partial charge < -0.3 is 15.3 Å². The lowest BCUT2D eigenvalue weighted by molar-refractivity contribution is 0.0651. The minimum atomic E-state index is -1.36. The van der Waals surface area contributed by atoms with Gasteiger partial charge in [-0.05, 0) is 36.4 Å². The summed E-state index contributed by atoms with van der Waals surface area (Å²) in [7, 11) is 0. The smallest absolute Gasteiger partial charge is 0.336 e. The fraction of sp³-hybridized carbons (Fsp3) is 0. The molecular formula is C17H10O6. The molecular weight excluding hydrogens is 300 g/mol. The molecule has 6 heteroatoms. The second-order valence-electron chi connectivity index (χ2n) is 4.51. The minimum Gasteiger partial charge on any atom is -0.478 e. The lowest BCUT2D eigenvalue weighted by Gasteiger charge is -2.01. The molecule has 0 aromatic heterocycles. The van der Waals surface area contributed by atoms with Crippen LogP contribution in [0, 0.1) is 11.8 Å². The highest BCUT2D eigenvalue weighted by molar-refractivity contribution is 6.02. The Balaban J connectivity index is 2.40. The van der Waals surface area contributed by atoms with Gasteiger partial charge in [-0.1, -0.05) is 17.9 Å². The van der Waals surface area contributed by atoms with E-state index in [1.165, 1.54) is 30.3 Å². The van der Waals surface area contributed by atoms with Crippen LogP contribution in [0.1, 0.15) is 42.2 Å². The average Bonchev–Trinajstić information content (AvgIpc) is 2.52. The summed E-state index contributed by atoms with van der Waals surface area (Å²) in [5, 5.41) is 26.9. The van der Waals surface area contributed by atoms with Gasteiger partial charge in [0.1, 0.15) is 0 Å². The predicted molar refractivity (Wildman–Crippen MR) is 79.7 cm³/mol. The van der Waals surface area contributed by atoms with Crippen LogP contribution in [0.25, 0.3) is 0 Å². The minimum absolute atomic E-state index is 0.0873. The maximum absolute atomic E-state index is 11.1. The number of hydrogen-bond donors (Lipinski definition) is 3. The average molecular weight is 310 g/mol. The quantitative estimate of drug-likeness (QED) is 0.749. The molecule has 0 radical (unpaired) electrons. The molecule has 0 saturated carbocycles. The number of rotatable bonds is 3. The molecule has 0 fully saturated rings. The third-order valence-electron chi connectivity index (χ3n) is 2.94. The largest absolute Gasteiger partial charge is 0.478 e. The summed E-state index contributed by atoms with van der Waals surface area (Å²) in [4.78, 5) is 32.9. The number of carbonyl (C=O) groups is 3. The summed E-state index contributed by atoms with van der Waals surface area (Å²) < 4.78 is 0. The van der Waals surface area contributed by atoms with Crippen LogP contribution < -0.4 is 0 Å². The van der Waals surface area contributed by atoms with Crippen molar-refractivity contribution < 1.29 is 29.7 Å². The fourth-order valence-electron chi connectivity index (χ4n) is 1.86. The van der Waals surface area contributed by atoms with Gasteiger partial charge in [-0.15, -0.1) is 0 Å². The van der Waals surface area contributed by atoms with Crippen molar-refractivity contribution in [2.24, 2.45) is 0 Å². The van der Waals surface area contributed by atoms with E-state index in [9.17, 15) is 14.4 Å². The maximum Gasteiger partial charge on any atom is 0.336 e. The SMILES string of the molecule is O=C(O)c1cccc(C#Cc2ccc(C(=O)O)c(C(=O)O)c2)c1. The molecule has 2 aromatic rings. The zero-order chi connectivity index (χ0) is 17.0. The second kappa shape index (κ2) is 6.45. The van der Waals surface area contributed by atoms with Crippen LogP contribution in [0.15, 0.2) is 42.5 Å². The fourth-order valence-corrected chi connectivity index (χ4v) is 1.86. The van der Waals surface area contributed by atoms with Gasteiger partial charge in [0.15, 0.2) is 0 Å². The van der Waals surface area contributed by atoms with Crippen LogP contribution in [0.2, 0.25) is 0 Å². The van der Waals surface area contributed by atoms with Gasteiger partial charge in [0.2, 0.25) is 0 Å². The first-order valence-electron chi connectivity index (χ1n) is 6.34. The van der Waals surface area contributed by atoms with Crippen molar-refractivity contribution in [3.63, 3.8) is 0 Å². The van der Waals surface area contributed by atoms with Gasteiger partial charge in [0, 0.05) is 11.1 Å². The number of aromatic carboxylic acids is 3. The molecule has 0 bridgehead atoms. The van der Waals surface area contributed by atoms with Crippen LogP contribution in [0.3, 0.4) is 0 Å². The molecule has 0 aliphatic heterocycles. The summed E-state index contributed by atoms with van der Waals surface area (Å²) in [5.74, 6) is 1.63. The Labute approximate surface area is 130 Å². The number of carboxylic acids is 3. The summed E-state index contributed by atoms with van der Waals surface area (Å²) in [5.41, 5.74) is 0.168. The van der Waals surface area contributed by atoms with Gasteiger partial charge in [-0.2, -0.15) is 0 Å². The normalized spacial score (nSPS) is 9.57. The summed E-state index contributed by atoms with van der Waals surface area (Å²) in [6.07, 6.45) is 0. The monoisotopic (exact) mass is 310 g/mol. The molecule has 0 amide bonds. The molecule has 0 aliphatic rings. The molecule has 114 valence electrons. The molecule has 2 aromatic carbocycles. The molecule has 0 aliphatic carbocycles. The maximum atomic E-state index is 11.1. The van der Waals surface area contributed by atoms with Crippen molar-refractivity contribution in [2.45, 2.75) is 0 Å². The summed E-state index contributed by atoms with van der Waals surface area (Å²) in [6.45, 7) is 0. The van der Waals surface area contributed by atoms with E-state index in [4.69, 9.17) is 15.3 Å². The Kier molecular flexibility index (Phi) is 4.43. The van der Waals surface area contributed by atoms with E-state index in [0.29, 0.717) is 11.1 Å². The third kappa shape index (κ3) is 3.74. The number of carboxylic acid groups (broad SMARTS) is 3. The van der Waals surface area contributed by atoms with Crippen molar-refractivity contribution >= 4 is 17.9 Å². The molecule has 0 heterocycles. The molecule has 6 nitrogen and oxygen atoms in total. The molecule has 0 unspecified atom stereocenters. The Morgan fingerprint density at radius 2 is 1.30 bits per heavy atom. The zero-order valence-electron chi connectivity index (χ0n) is 11.6. The predicted octanol–water partition coefficient (Wildman–Crippen LogP) is 2.18. The lowest BCUT2D eigenvalue weighted by Crippen LogP contribution is -2.08. The van der Waals surface area contributed by atoms with Crippen LogP contribution >= 0.6 is 0 Å². The van der Waals surface area contributed by atoms with E-state index in [2.05, 4.69) is 11.8 Å². The number of benzene rings is 2. The number of hydrogen-bond acceptors (Lipinski definition) is 3. The van der Waals surface area contributed by atoms with E-state index < -0.39 is 17.9 Å². The van der Waals surface area contributed by atoms with Crippen LogP contribution in [0.5, 0.6) is 0 Å². The molecule has 23 heavy (non-hydrogen) atoms. The molecule has 0 spiro atoms. The van der Waals surface area contributed by atoms with Crippen molar-refractivity contribution in [1.82, 2.24) is 0 Å². The molecule has 0 atom stereocenters. The molecule has 2 rings (SSSR count). The first-order chi connectivity index (χ1) is 10.9. The zero-order valence-corrected chi connectivity index (χ0v) is 11.6. The first kappa shape index (κ1) is 15.8. The highest BCUT2D eigenvalue weighted by Crippen LogP contribution is 2.12. The Bertz CT molecular complexity index is 870. The third-order valence-corrected chi connectivity index (χ3v) is 2.94. The van der Waals surface area contributed by atoms with Crippen LogP contribution in [0.4, 0.5) is 0 Å². The standard InChI is InChI=1S/C17H10O6/c18-15(19)12-3-1-2-10(8-12)4-5-11-6-7-13(16(20)21)14(9-11)17(22)23/h1-3,6-9H,(H,18,19)(H,20,21)(H,22,23). The molecule has 0 saturated heterocycles. The van der Waals surface area contributed by atoms with Crippen molar-refractivity contribution in [2.75, 3.05) is 0 Å². The molecule has 3 N–H and O–H groups in total. The van der Waals surface area contributed by atoms with E-state index in [1.54, 1.807) is 12.1 Å². The highest BCUT2D eigenvalue weighted by Gasteiger charge is 2.15. The van der Waals surface area contributed by atoms with Crippen LogP contribution in [-0.4, -0.2) is 33.2 Å². The second-order valence-corrected chi connectivity index (χ2v) is 4.51. The Hall–Kier alpha value is -3.59. The first-order valence-corrected chi connectivity index (χ1v) is 6.34. The van der Waals surface area contributed by atoms with E-state index in [0.717, 1.165) is 0 Å². The van der Waals surface area contributed by atoms with E-state index in [1.807, 2.05) is 0 Å². The van der Waals surface area contributed by atoms with E-state index >= 15 is 0 Å². The van der Waals surface area contributed by atoms with Gasteiger partial charge >= 0.3 is 17.9 Å². The summed E-state index contributed by atoms with van der Waals surface area (Å²) >= 11 is 0. The van der Waals surface area contributed by atoms with Crippen molar-refractivity contribution in [1.29, 1.82) is 0 Å². The summed E-state index contributed by atoms with van der Waals surface area (Å²) in [6, 6.07) is 9.71. The van der Waals surface area contributed by atoms with Crippen molar-refractivity contribution in [3.8, 4) is 11.8 Å². The van der Waals surface area contributed by atoms with Gasteiger partial charge in [0.25, 0.3) is 0 Å². The Morgan fingerprint density at radius 3 is 1.87 bits per heavy atom. The van der Waals surface area contributed by atoms with Gasteiger partial charge in [0.05, 0.1) is 16.7 Å². The Morgan fingerprint density at radius 1 is 0.696 bits per heavy atom. The van der Waals surface area contributed by atoms with Crippen LogP contribution in [-0.2, 0) is 0 Å². The highest BCUT2D eigenvalue weighted by atomic mass is 16.4. The van der Waals surface area contributed by atoms with Gasteiger partial charge in [-0.3, -0.25) is 0 Å².